The highest BCUT2D eigenvalue weighted by Gasteiger charge is 2.34. The lowest BCUT2D eigenvalue weighted by Crippen LogP contribution is -2.52. The van der Waals surface area contributed by atoms with Crippen molar-refractivity contribution in [3.8, 4) is 0 Å². The zero-order chi connectivity index (χ0) is 20.9. The van der Waals surface area contributed by atoms with Gasteiger partial charge in [-0.25, -0.2) is 0 Å². The molecule has 2 amide bonds. The number of carbonyl (C=O) groups excluding carboxylic acids is 2. The maximum Gasteiger partial charge on any atom is 0.245 e. The van der Waals surface area contributed by atoms with Crippen molar-refractivity contribution in [2.24, 2.45) is 5.41 Å². The predicted octanol–water partition coefficient (Wildman–Crippen LogP) is 4.26. The predicted molar refractivity (Wildman–Crippen MR) is 117 cm³/mol. The second-order valence-electron chi connectivity index (χ2n) is 8.44. The van der Waals surface area contributed by atoms with Crippen LogP contribution < -0.4 is 5.32 Å². The Kier molecular flexibility index (Phi) is 6.96. The molecule has 0 saturated carbocycles. The molecule has 0 radical (unpaired) electrons. The van der Waals surface area contributed by atoms with Crippen molar-refractivity contribution in [3.63, 3.8) is 0 Å². The van der Waals surface area contributed by atoms with Crippen molar-refractivity contribution in [2.75, 3.05) is 13.1 Å². The van der Waals surface area contributed by atoms with Crippen LogP contribution in [0.15, 0.2) is 54.6 Å². The van der Waals surface area contributed by atoms with E-state index < -0.39 is 11.5 Å². The van der Waals surface area contributed by atoms with Crippen molar-refractivity contribution in [1.29, 1.82) is 0 Å². The highest BCUT2D eigenvalue weighted by Crippen LogP contribution is 2.23. The van der Waals surface area contributed by atoms with Gasteiger partial charge in [0.25, 0.3) is 0 Å². The van der Waals surface area contributed by atoms with Crippen LogP contribution in [0.4, 0.5) is 0 Å². The van der Waals surface area contributed by atoms with Gasteiger partial charge in [0.15, 0.2) is 0 Å². The van der Waals surface area contributed by atoms with E-state index >= 15 is 0 Å². The van der Waals surface area contributed by atoms with Crippen LogP contribution in [-0.2, 0) is 22.4 Å². The minimum atomic E-state index is -0.626. The van der Waals surface area contributed by atoms with Gasteiger partial charge in [0.2, 0.25) is 11.8 Å². The summed E-state index contributed by atoms with van der Waals surface area (Å²) < 4.78 is 0. The van der Waals surface area contributed by atoms with Gasteiger partial charge in [-0.05, 0) is 42.5 Å². The van der Waals surface area contributed by atoms with Gasteiger partial charge in [0.1, 0.15) is 6.04 Å². The third kappa shape index (κ3) is 5.83. The van der Waals surface area contributed by atoms with Crippen LogP contribution in [0.3, 0.4) is 0 Å². The fraction of sp³-hybridized carbons (Fsp3) is 0.417. The van der Waals surface area contributed by atoms with Gasteiger partial charge in [0, 0.05) is 29.9 Å². The number of halogens is 1. The summed E-state index contributed by atoms with van der Waals surface area (Å²) in [5.41, 5.74) is 1.42. The average Bonchev–Trinajstić information content (AvgIpc) is 3.22. The first-order valence-corrected chi connectivity index (χ1v) is 10.6. The molecule has 0 aromatic heterocycles. The van der Waals surface area contributed by atoms with Gasteiger partial charge < -0.3 is 10.2 Å². The summed E-state index contributed by atoms with van der Waals surface area (Å²) in [6.07, 6.45) is 3.08. The zero-order valence-electron chi connectivity index (χ0n) is 17.2. The molecule has 1 unspecified atom stereocenters. The van der Waals surface area contributed by atoms with Gasteiger partial charge >= 0.3 is 0 Å². The van der Waals surface area contributed by atoms with Crippen LogP contribution in [0, 0.1) is 5.41 Å². The Morgan fingerprint density at radius 1 is 1.03 bits per heavy atom. The summed E-state index contributed by atoms with van der Waals surface area (Å²) in [6, 6.07) is 16.8. The van der Waals surface area contributed by atoms with E-state index in [1.807, 2.05) is 73.3 Å². The Hall–Kier alpha value is -2.33. The van der Waals surface area contributed by atoms with Gasteiger partial charge in [-0.3, -0.25) is 9.59 Å². The molecule has 1 heterocycles. The lowest BCUT2D eigenvalue weighted by Gasteiger charge is -2.29. The van der Waals surface area contributed by atoms with E-state index in [9.17, 15) is 9.59 Å². The van der Waals surface area contributed by atoms with Crippen LogP contribution in [0.5, 0.6) is 0 Å². The SMILES string of the molecule is CC(C)(Cc1ccccc1)C(=O)NC(Cc1cccc(Cl)c1)C(=O)N1CCCC1. The van der Waals surface area contributed by atoms with Crippen LogP contribution in [0.25, 0.3) is 0 Å². The molecule has 29 heavy (non-hydrogen) atoms. The van der Waals surface area contributed by atoms with Crippen molar-refractivity contribution < 1.29 is 9.59 Å². The normalized spacial score (nSPS) is 15.2. The van der Waals surface area contributed by atoms with Crippen LogP contribution in [0.1, 0.15) is 37.8 Å². The van der Waals surface area contributed by atoms with E-state index in [2.05, 4.69) is 5.32 Å². The van der Waals surface area contributed by atoms with Gasteiger partial charge in [-0.2, -0.15) is 0 Å². The number of hydrogen-bond acceptors (Lipinski definition) is 2. The monoisotopic (exact) mass is 412 g/mol. The summed E-state index contributed by atoms with van der Waals surface area (Å²) in [6.45, 7) is 5.36. The van der Waals surface area contributed by atoms with E-state index in [1.54, 1.807) is 0 Å². The van der Waals surface area contributed by atoms with Gasteiger partial charge in [-0.15, -0.1) is 0 Å². The van der Waals surface area contributed by atoms with E-state index in [-0.39, 0.29) is 11.8 Å². The Labute approximate surface area is 178 Å². The van der Waals surface area contributed by atoms with Crippen LogP contribution in [0.2, 0.25) is 5.02 Å². The third-order valence-corrected chi connectivity index (χ3v) is 5.69. The number of nitrogens with one attached hydrogen (secondary N) is 1. The molecule has 1 atom stereocenters. The number of nitrogens with zero attached hydrogens (tertiary/aromatic N) is 1. The molecule has 2 aromatic carbocycles. The molecule has 1 N–H and O–H groups in total. The fourth-order valence-electron chi connectivity index (χ4n) is 3.80. The standard InChI is InChI=1S/C24H29ClN2O2/c1-24(2,17-18-9-4-3-5-10-18)23(29)26-21(22(28)27-13-6-7-14-27)16-19-11-8-12-20(25)15-19/h3-5,8-12,15,21H,6-7,13-14,16-17H2,1-2H3,(H,26,29). The summed E-state index contributed by atoms with van der Waals surface area (Å²) in [7, 11) is 0. The first kappa shape index (κ1) is 21.4. The third-order valence-electron chi connectivity index (χ3n) is 5.45. The lowest BCUT2D eigenvalue weighted by atomic mass is 9.84. The smallest absolute Gasteiger partial charge is 0.245 e. The quantitative estimate of drug-likeness (QED) is 0.738. The molecule has 1 fully saturated rings. The van der Waals surface area contributed by atoms with Crippen LogP contribution >= 0.6 is 11.6 Å². The summed E-state index contributed by atoms with van der Waals surface area (Å²) in [5.74, 6) is -0.118. The number of likely N-dealkylation sites (tertiary alicyclic amines) is 1. The van der Waals surface area contributed by atoms with E-state index in [0.29, 0.717) is 17.9 Å². The molecule has 3 rings (SSSR count). The van der Waals surface area contributed by atoms with Crippen LogP contribution in [-0.4, -0.2) is 35.8 Å². The Bertz CT molecular complexity index is 845. The fourth-order valence-corrected chi connectivity index (χ4v) is 4.01. The second kappa shape index (κ2) is 9.45. The molecule has 2 aromatic rings. The number of amides is 2. The van der Waals surface area contributed by atoms with E-state index in [0.717, 1.165) is 37.1 Å². The van der Waals surface area contributed by atoms with Gasteiger partial charge in [-0.1, -0.05) is 67.9 Å². The van der Waals surface area contributed by atoms with Crippen molar-refractivity contribution in [1.82, 2.24) is 10.2 Å². The highest BCUT2D eigenvalue weighted by atomic mass is 35.5. The summed E-state index contributed by atoms with van der Waals surface area (Å²) >= 11 is 6.12. The molecular weight excluding hydrogens is 384 g/mol. The molecule has 5 heteroatoms. The summed E-state index contributed by atoms with van der Waals surface area (Å²) in [5, 5.41) is 3.68. The number of hydrogen-bond donors (Lipinski definition) is 1. The Morgan fingerprint density at radius 2 is 1.69 bits per heavy atom. The maximum atomic E-state index is 13.1. The molecule has 0 bridgehead atoms. The maximum absolute atomic E-state index is 13.1. The highest BCUT2D eigenvalue weighted by molar-refractivity contribution is 6.30. The van der Waals surface area contributed by atoms with Crippen molar-refractivity contribution in [3.05, 3.63) is 70.7 Å². The van der Waals surface area contributed by atoms with Crippen molar-refractivity contribution >= 4 is 23.4 Å². The van der Waals surface area contributed by atoms with E-state index in [1.165, 1.54) is 0 Å². The largest absolute Gasteiger partial charge is 0.344 e. The number of carbonyl (C=O) groups is 2. The Morgan fingerprint density at radius 3 is 2.34 bits per heavy atom. The summed E-state index contributed by atoms with van der Waals surface area (Å²) in [4.78, 5) is 28.1. The molecule has 1 saturated heterocycles. The van der Waals surface area contributed by atoms with Gasteiger partial charge in [0.05, 0.1) is 0 Å². The second-order valence-corrected chi connectivity index (χ2v) is 8.88. The topological polar surface area (TPSA) is 49.4 Å². The Balaban J connectivity index is 1.75. The zero-order valence-corrected chi connectivity index (χ0v) is 17.9. The molecule has 1 aliphatic heterocycles. The molecule has 4 nitrogen and oxygen atoms in total. The molecule has 1 aliphatic rings. The first-order chi connectivity index (χ1) is 13.8. The average molecular weight is 413 g/mol. The van der Waals surface area contributed by atoms with Crippen molar-refractivity contribution in [2.45, 2.75) is 45.6 Å². The molecule has 0 spiro atoms. The number of benzene rings is 2. The van der Waals surface area contributed by atoms with E-state index in [4.69, 9.17) is 11.6 Å². The molecule has 154 valence electrons. The minimum absolute atomic E-state index is 0.00802. The molecular formula is C24H29ClN2O2. The molecule has 0 aliphatic carbocycles. The lowest BCUT2D eigenvalue weighted by molar-refractivity contribution is -0.138. The number of rotatable bonds is 7. The first-order valence-electron chi connectivity index (χ1n) is 10.2. The minimum Gasteiger partial charge on any atom is -0.344 e.